The number of hydrogen-bond donors (Lipinski definition) is 5. The zero-order valence-corrected chi connectivity index (χ0v) is 45.2. The van der Waals surface area contributed by atoms with Gasteiger partial charge >= 0.3 is 5.97 Å². The summed E-state index contributed by atoms with van der Waals surface area (Å²) in [7, 11) is 0. The zero-order valence-electron chi connectivity index (χ0n) is 42.8. The predicted octanol–water partition coefficient (Wildman–Crippen LogP) is 19.0. The highest BCUT2D eigenvalue weighted by molar-refractivity contribution is 9.10. The Bertz CT molecular complexity index is 966. The number of ether oxygens (including phenoxy) is 2. The quantitative estimate of drug-likeness (QED) is 0.0187. The molecule has 0 unspecified atom stereocenters. The predicted molar refractivity (Wildman–Crippen MR) is 308 cm³/mol. The Kier molecular flexibility index (Phi) is 88.2. The van der Waals surface area contributed by atoms with Gasteiger partial charge in [-0.3, -0.25) is 10.0 Å². The van der Waals surface area contributed by atoms with Crippen molar-refractivity contribution >= 4 is 39.4 Å². The third-order valence-electron chi connectivity index (χ3n) is 7.60. The van der Waals surface area contributed by atoms with E-state index in [1.807, 2.05) is 90.0 Å². The number of hydroxylamine groups is 1. The summed E-state index contributed by atoms with van der Waals surface area (Å²) in [6.45, 7) is 41.7. The van der Waals surface area contributed by atoms with Gasteiger partial charge in [0.25, 0.3) is 5.91 Å². The highest BCUT2D eigenvalue weighted by Gasteiger charge is 2.19. The molecule has 1 amide bonds. The van der Waals surface area contributed by atoms with E-state index in [1.54, 1.807) is 0 Å². The molecule has 0 aromatic carbocycles. The number of azide groups is 1. The first-order chi connectivity index (χ1) is 26.9. The van der Waals surface area contributed by atoms with Gasteiger partial charge in [0.15, 0.2) is 0 Å². The third kappa shape index (κ3) is 127. The van der Waals surface area contributed by atoms with Gasteiger partial charge in [-0.05, 0) is 120 Å². The summed E-state index contributed by atoms with van der Waals surface area (Å²) in [5, 5.41) is 38.2. The van der Waals surface area contributed by atoms with Crippen molar-refractivity contribution in [3.05, 3.63) is 10.4 Å². The summed E-state index contributed by atoms with van der Waals surface area (Å²) in [4.78, 5) is 23.5. The maximum atomic E-state index is 10.6. The van der Waals surface area contributed by atoms with Gasteiger partial charge in [0.1, 0.15) is 13.2 Å². The molecule has 0 fully saturated rings. The number of rotatable bonds is 21. The lowest BCUT2D eigenvalue weighted by atomic mass is 10.0. The van der Waals surface area contributed by atoms with E-state index in [4.69, 9.17) is 47.1 Å². The monoisotopic (exact) mass is 1060 g/mol. The van der Waals surface area contributed by atoms with E-state index >= 15 is 0 Å². The molecule has 0 radical (unpaired) electrons. The van der Waals surface area contributed by atoms with Gasteiger partial charge in [-0.1, -0.05) is 194 Å². The van der Waals surface area contributed by atoms with Crippen LogP contribution in [0, 0.1) is 0 Å². The van der Waals surface area contributed by atoms with E-state index in [1.165, 1.54) is 24.7 Å². The summed E-state index contributed by atoms with van der Waals surface area (Å²) in [5.74, 6) is -1.42. The largest absolute Gasteiger partial charge is 0.480 e. The molecule has 67 heavy (non-hydrogen) atoms. The van der Waals surface area contributed by atoms with Crippen LogP contribution in [0.15, 0.2) is 5.11 Å². The smallest absolute Gasteiger partial charge is 0.329 e. The van der Waals surface area contributed by atoms with Crippen molar-refractivity contribution in [2.24, 2.45) is 5.11 Å². The molecule has 12 nitrogen and oxygen atoms in total. The summed E-state index contributed by atoms with van der Waals surface area (Å²) in [6.07, 6.45) is 14.5. The lowest BCUT2D eigenvalue weighted by Crippen LogP contribution is -2.32. The number of alkyl halides is 2. The standard InChI is InChI=1S/C8H17NO3.C8H16O3.C6H13Br.C6H13Cl.C6H13N3.2C6H14O.7CH4/c1-4-5-8(2,3)12-6-7(10)9-11;1-4-5-8(2,3)11-6-7(9)10;2*1-4-5-6(2,3)7;1-4-5-6(2,3)8-9-7;2*1-4-5-6(2,3)7;;;;;;;/h11H,4-6H2,1-3H3,(H,9,10);4-6H2,1-3H3,(H,9,10);2*4-5H2,1-3H3;4-5H2,1-3H3;2*7H,4-5H2,1-3H3;7*1H4. The molecule has 0 aromatic rings. The first-order valence-electron chi connectivity index (χ1n) is 22.2. The van der Waals surface area contributed by atoms with Crippen molar-refractivity contribution < 1.29 is 39.6 Å². The highest BCUT2D eigenvalue weighted by atomic mass is 79.9. The van der Waals surface area contributed by atoms with E-state index < -0.39 is 23.1 Å². The second kappa shape index (κ2) is 57.4. The lowest BCUT2D eigenvalue weighted by Gasteiger charge is -2.23. The molecule has 0 saturated heterocycles. The first-order valence-corrected chi connectivity index (χ1v) is 23.3. The van der Waals surface area contributed by atoms with E-state index in [0.29, 0.717) is 4.32 Å². The molecular formula is C53H128BrClN4O8. The van der Waals surface area contributed by atoms with Gasteiger partial charge < -0.3 is 24.8 Å². The van der Waals surface area contributed by atoms with Crippen LogP contribution < -0.4 is 5.48 Å². The van der Waals surface area contributed by atoms with Gasteiger partial charge in [-0.25, -0.2) is 10.3 Å². The summed E-state index contributed by atoms with van der Waals surface area (Å²) < 4.78 is 10.7. The fraction of sp³-hybridized carbons (Fsp3) is 0.962. The number of carboxylic acid groups (broad SMARTS) is 1. The minimum atomic E-state index is -0.908. The minimum Gasteiger partial charge on any atom is -0.480 e. The Hall–Kier alpha value is -1.18. The Morgan fingerprint density at radius 3 is 0.985 bits per heavy atom. The van der Waals surface area contributed by atoms with Gasteiger partial charge in [-0.2, -0.15) is 0 Å². The maximum absolute atomic E-state index is 10.6. The number of nitrogens with zero attached hydrogens (tertiary/aromatic N) is 3. The van der Waals surface area contributed by atoms with Crippen molar-refractivity contribution in [1.82, 2.24) is 5.48 Å². The van der Waals surface area contributed by atoms with Crippen molar-refractivity contribution in [3.8, 4) is 0 Å². The van der Waals surface area contributed by atoms with Crippen LogP contribution in [0.4, 0.5) is 0 Å². The molecule has 0 aromatic heterocycles. The second-order valence-electron chi connectivity index (χ2n) is 19.3. The number of aliphatic hydroxyl groups is 2. The van der Waals surface area contributed by atoms with Crippen LogP contribution in [-0.2, 0) is 19.1 Å². The molecular weight excluding hydrogens is 936 g/mol. The number of halogens is 2. The van der Waals surface area contributed by atoms with Crippen molar-refractivity contribution in [2.45, 2.75) is 324 Å². The molecule has 0 atom stereocenters. The molecule has 0 heterocycles. The highest BCUT2D eigenvalue weighted by Crippen LogP contribution is 2.21. The topological polar surface area (TPSA) is 194 Å². The number of hydrogen-bond acceptors (Lipinski definition) is 8. The molecule has 0 aliphatic carbocycles. The molecule has 0 bridgehead atoms. The lowest BCUT2D eigenvalue weighted by molar-refractivity contribution is -0.148. The first kappa shape index (κ1) is 103. The van der Waals surface area contributed by atoms with Crippen molar-refractivity contribution in [3.63, 3.8) is 0 Å². The molecule has 422 valence electrons. The average molecular weight is 1060 g/mol. The number of amides is 1. The zero-order chi connectivity index (χ0) is 49.5. The van der Waals surface area contributed by atoms with Crippen LogP contribution in [0.25, 0.3) is 10.4 Å². The van der Waals surface area contributed by atoms with E-state index in [0.717, 1.165) is 70.6 Å². The van der Waals surface area contributed by atoms with E-state index in [-0.39, 0.29) is 86.8 Å². The van der Waals surface area contributed by atoms with Crippen molar-refractivity contribution in [2.75, 3.05) is 13.2 Å². The SMILES string of the molecule is C.C.C.C.C.C.C.CCCC(C)(C)Br.CCCC(C)(C)Cl.CCCC(C)(C)N=[N+]=[N-].CCCC(C)(C)O.CCCC(C)(C)O.CCCC(C)(C)OCC(=O)NO.CCCC(C)(C)OCC(=O)O. The molecule has 0 aliphatic heterocycles. The van der Waals surface area contributed by atoms with E-state index in [9.17, 15) is 9.59 Å². The van der Waals surface area contributed by atoms with Crippen LogP contribution in [0.3, 0.4) is 0 Å². The van der Waals surface area contributed by atoms with E-state index in [2.05, 4.69) is 81.3 Å². The number of carboxylic acids is 1. The normalized spacial score (nSPS) is 10.4. The second-order valence-corrected chi connectivity index (χ2v) is 22.5. The van der Waals surface area contributed by atoms with Gasteiger partial charge in [0.2, 0.25) is 0 Å². The number of carbonyl (C=O) groups excluding carboxylic acids is 1. The molecule has 0 aliphatic rings. The molecule has 5 N–H and O–H groups in total. The number of carbonyl (C=O) groups is 2. The van der Waals surface area contributed by atoms with Gasteiger partial charge in [-0.15, -0.1) is 11.6 Å². The van der Waals surface area contributed by atoms with Crippen LogP contribution in [0.1, 0.15) is 287 Å². The van der Waals surface area contributed by atoms with Crippen LogP contribution in [-0.4, -0.2) is 82.8 Å². The Morgan fingerprint density at radius 2 is 0.836 bits per heavy atom. The van der Waals surface area contributed by atoms with Gasteiger partial charge in [0, 0.05) is 19.6 Å². The number of nitrogens with one attached hydrogen (secondary N) is 1. The Balaban J connectivity index is -0.0000000405. The van der Waals surface area contributed by atoms with Crippen LogP contribution >= 0.6 is 27.5 Å². The summed E-state index contributed by atoms with van der Waals surface area (Å²) >= 11 is 9.37. The number of aliphatic carboxylic acids is 1. The molecule has 0 saturated carbocycles. The fourth-order valence-electron chi connectivity index (χ4n) is 5.09. The van der Waals surface area contributed by atoms with Crippen LogP contribution in [0.2, 0.25) is 0 Å². The molecule has 0 spiro atoms. The third-order valence-corrected chi connectivity index (χ3v) is 8.18. The average Bonchev–Trinajstić information content (AvgIpc) is 3.02. The van der Waals surface area contributed by atoms with Gasteiger partial charge in [0.05, 0.1) is 22.4 Å². The Labute approximate surface area is 435 Å². The van der Waals surface area contributed by atoms with Crippen LogP contribution in [0.5, 0.6) is 0 Å². The summed E-state index contributed by atoms with van der Waals surface area (Å²) in [6, 6.07) is 0. The maximum Gasteiger partial charge on any atom is 0.329 e. The molecule has 14 heteroatoms. The Morgan fingerprint density at radius 1 is 0.552 bits per heavy atom. The molecule has 0 rings (SSSR count). The fourth-order valence-corrected chi connectivity index (χ4v) is 5.68. The minimum absolute atomic E-state index is 0. The van der Waals surface area contributed by atoms with Crippen molar-refractivity contribution in [1.29, 1.82) is 0 Å². The summed E-state index contributed by atoms with van der Waals surface area (Å²) in [5.41, 5.74) is 7.92.